The molecule has 0 bridgehead atoms. The summed E-state index contributed by atoms with van der Waals surface area (Å²) in [5.74, 6) is 0. The lowest BCUT2D eigenvalue weighted by Crippen LogP contribution is -2.53. The molecule has 1 aromatic heterocycles. The third-order valence-electron chi connectivity index (χ3n) is 7.16. The van der Waals surface area contributed by atoms with Gasteiger partial charge in [-0.25, -0.2) is 4.79 Å². The second kappa shape index (κ2) is 11.5. The van der Waals surface area contributed by atoms with Gasteiger partial charge in [-0.05, 0) is 58.3 Å². The summed E-state index contributed by atoms with van der Waals surface area (Å²) in [6.07, 6.45) is 5.92. The van der Waals surface area contributed by atoms with Gasteiger partial charge in [0.05, 0.1) is 12.7 Å². The van der Waals surface area contributed by atoms with E-state index in [0.29, 0.717) is 38.0 Å². The maximum absolute atomic E-state index is 13.2. The molecule has 3 aliphatic rings. The van der Waals surface area contributed by atoms with Crippen molar-refractivity contribution < 1.29 is 29.2 Å². The van der Waals surface area contributed by atoms with Crippen LogP contribution in [0.4, 0.5) is 0 Å². The average Bonchev–Trinajstić information content (AvgIpc) is 3.20. The SMILES string of the molecule is Cc1cn([C@H]2C[C@@](O)(C3CCCCO3)[C@@H](COC3CCCCO3)O2)c(=O)n(CCCCO)c1=O. The summed E-state index contributed by atoms with van der Waals surface area (Å²) >= 11 is 0. The summed E-state index contributed by atoms with van der Waals surface area (Å²) < 4.78 is 26.4. The molecule has 4 rings (SSSR count). The molecule has 192 valence electrons. The summed E-state index contributed by atoms with van der Waals surface area (Å²) in [7, 11) is 0. The van der Waals surface area contributed by atoms with E-state index < -0.39 is 29.7 Å². The van der Waals surface area contributed by atoms with E-state index in [-0.39, 0.29) is 38.0 Å². The second-order valence-corrected chi connectivity index (χ2v) is 9.65. The van der Waals surface area contributed by atoms with Crippen LogP contribution in [-0.4, -0.2) is 69.9 Å². The Kier molecular flexibility index (Phi) is 8.60. The number of aliphatic hydroxyl groups is 2. The Balaban J connectivity index is 1.58. The molecule has 34 heavy (non-hydrogen) atoms. The highest BCUT2D eigenvalue weighted by atomic mass is 16.7. The standard InChI is InChI=1S/C24H38N2O8/c1-17-15-26(23(29)25(22(17)28)10-4-5-11-27)20-14-24(30,18-8-2-6-12-31-18)19(34-20)16-33-21-9-3-7-13-32-21/h15,18-21,27,30H,2-14,16H2,1H3/t18?,19-,20-,21?,24-/m1/s1. The van der Waals surface area contributed by atoms with Crippen LogP contribution < -0.4 is 11.2 Å². The normalized spacial score (nSPS) is 32.2. The minimum Gasteiger partial charge on any atom is -0.396 e. The molecule has 3 saturated heterocycles. The van der Waals surface area contributed by atoms with E-state index in [4.69, 9.17) is 24.1 Å². The summed E-state index contributed by atoms with van der Waals surface area (Å²) in [4.78, 5) is 25.9. The molecule has 1 aromatic rings. The van der Waals surface area contributed by atoms with Gasteiger partial charge in [-0.2, -0.15) is 0 Å². The Morgan fingerprint density at radius 1 is 1.12 bits per heavy atom. The molecule has 4 heterocycles. The van der Waals surface area contributed by atoms with Crippen LogP contribution in [0.2, 0.25) is 0 Å². The third-order valence-corrected chi connectivity index (χ3v) is 7.16. The van der Waals surface area contributed by atoms with Crippen LogP contribution >= 0.6 is 0 Å². The number of aliphatic hydroxyl groups excluding tert-OH is 1. The van der Waals surface area contributed by atoms with Gasteiger partial charge < -0.3 is 29.2 Å². The van der Waals surface area contributed by atoms with Crippen LogP contribution in [-0.2, 0) is 25.5 Å². The Morgan fingerprint density at radius 3 is 2.56 bits per heavy atom. The highest BCUT2D eigenvalue weighted by Crippen LogP contribution is 2.42. The predicted octanol–water partition coefficient (Wildman–Crippen LogP) is 1.22. The number of aromatic nitrogens is 2. The highest BCUT2D eigenvalue weighted by molar-refractivity contribution is 5.07. The van der Waals surface area contributed by atoms with E-state index in [0.717, 1.165) is 32.1 Å². The number of unbranched alkanes of at least 4 members (excludes halogenated alkanes) is 1. The fraction of sp³-hybridized carbons (Fsp3) is 0.833. The highest BCUT2D eigenvalue weighted by Gasteiger charge is 2.54. The Labute approximate surface area is 199 Å². The predicted molar refractivity (Wildman–Crippen MR) is 123 cm³/mol. The number of ether oxygens (including phenoxy) is 4. The maximum atomic E-state index is 13.2. The van der Waals surface area contributed by atoms with Gasteiger partial charge in [0.15, 0.2) is 6.29 Å². The molecule has 3 fully saturated rings. The minimum atomic E-state index is -1.33. The first-order chi connectivity index (χ1) is 16.4. The molecule has 5 atom stereocenters. The van der Waals surface area contributed by atoms with Crippen molar-refractivity contribution >= 4 is 0 Å². The van der Waals surface area contributed by atoms with Crippen molar-refractivity contribution in [2.75, 3.05) is 26.4 Å². The van der Waals surface area contributed by atoms with Crippen molar-refractivity contribution in [2.24, 2.45) is 0 Å². The van der Waals surface area contributed by atoms with Gasteiger partial charge in [0, 0.05) is 44.5 Å². The van der Waals surface area contributed by atoms with E-state index in [1.165, 1.54) is 15.3 Å². The molecular weight excluding hydrogens is 444 g/mol. The van der Waals surface area contributed by atoms with Crippen molar-refractivity contribution in [2.45, 2.75) is 102 Å². The van der Waals surface area contributed by atoms with Gasteiger partial charge >= 0.3 is 5.69 Å². The molecule has 2 unspecified atom stereocenters. The van der Waals surface area contributed by atoms with E-state index in [9.17, 15) is 14.7 Å². The van der Waals surface area contributed by atoms with Gasteiger partial charge in [0.1, 0.15) is 17.9 Å². The lowest BCUT2D eigenvalue weighted by Gasteiger charge is -2.38. The fourth-order valence-corrected chi connectivity index (χ4v) is 5.17. The van der Waals surface area contributed by atoms with Gasteiger partial charge in [-0.1, -0.05) is 0 Å². The zero-order valence-electron chi connectivity index (χ0n) is 20.0. The average molecular weight is 483 g/mol. The van der Waals surface area contributed by atoms with Gasteiger partial charge in [-0.3, -0.25) is 13.9 Å². The molecule has 0 radical (unpaired) electrons. The van der Waals surface area contributed by atoms with Crippen LogP contribution in [0.1, 0.15) is 69.6 Å². The monoisotopic (exact) mass is 482 g/mol. The molecule has 10 heteroatoms. The molecule has 3 aliphatic heterocycles. The molecule has 0 saturated carbocycles. The number of nitrogens with zero attached hydrogens (tertiary/aromatic N) is 2. The molecule has 2 N–H and O–H groups in total. The number of hydrogen-bond acceptors (Lipinski definition) is 8. The van der Waals surface area contributed by atoms with Crippen molar-refractivity contribution in [1.29, 1.82) is 0 Å². The first-order valence-electron chi connectivity index (χ1n) is 12.6. The molecule has 0 spiro atoms. The van der Waals surface area contributed by atoms with E-state index in [1.807, 2.05) is 0 Å². The maximum Gasteiger partial charge on any atom is 0.333 e. The largest absolute Gasteiger partial charge is 0.396 e. The fourth-order valence-electron chi connectivity index (χ4n) is 5.17. The first-order valence-corrected chi connectivity index (χ1v) is 12.6. The first kappa shape index (κ1) is 25.5. The van der Waals surface area contributed by atoms with Gasteiger partial charge in [0.2, 0.25) is 0 Å². The number of aryl methyl sites for hydroxylation is 1. The van der Waals surface area contributed by atoms with Crippen LogP contribution in [0.25, 0.3) is 0 Å². The van der Waals surface area contributed by atoms with Crippen LogP contribution in [0.3, 0.4) is 0 Å². The second-order valence-electron chi connectivity index (χ2n) is 9.65. The Hall–Kier alpha value is -1.56. The van der Waals surface area contributed by atoms with Crippen LogP contribution in [0.15, 0.2) is 15.8 Å². The molecular formula is C24H38N2O8. The van der Waals surface area contributed by atoms with E-state index >= 15 is 0 Å². The summed E-state index contributed by atoms with van der Waals surface area (Å²) in [5.41, 5.74) is -1.75. The topological polar surface area (TPSA) is 121 Å². The van der Waals surface area contributed by atoms with Crippen LogP contribution in [0, 0.1) is 6.92 Å². The smallest absolute Gasteiger partial charge is 0.333 e. The lowest BCUT2D eigenvalue weighted by molar-refractivity contribution is -0.210. The van der Waals surface area contributed by atoms with Gasteiger partial charge in [-0.15, -0.1) is 0 Å². The van der Waals surface area contributed by atoms with Crippen molar-refractivity contribution in [1.82, 2.24) is 9.13 Å². The van der Waals surface area contributed by atoms with Crippen molar-refractivity contribution in [3.8, 4) is 0 Å². The number of hydrogen-bond donors (Lipinski definition) is 2. The molecule has 0 aliphatic carbocycles. The minimum absolute atomic E-state index is 0.00129. The molecule has 0 aromatic carbocycles. The number of rotatable bonds is 9. The van der Waals surface area contributed by atoms with Gasteiger partial charge in [0.25, 0.3) is 5.56 Å². The quantitative estimate of drug-likeness (QED) is 0.504. The molecule has 10 nitrogen and oxygen atoms in total. The van der Waals surface area contributed by atoms with Crippen molar-refractivity contribution in [3.63, 3.8) is 0 Å². The zero-order valence-corrected chi connectivity index (χ0v) is 20.0. The van der Waals surface area contributed by atoms with Crippen molar-refractivity contribution in [3.05, 3.63) is 32.6 Å². The summed E-state index contributed by atoms with van der Waals surface area (Å²) in [6, 6.07) is 0. The zero-order chi connectivity index (χ0) is 24.1. The summed E-state index contributed by atoms with van der Waals surface area (Å²) in [6.45, 7) is 3.23. The van der Waals surface area contributed by atoms with E-state index in [2.05, 4.69) is 0 Å². The Morgan fingerprint density at radius 2 is 1.88 bits per heavy atom. The molecule has 0 amide bonds. The third kappa shape index (κ3) is 5.47. The Bertz CT molecular complexity index is 919. The summed E-state index contributed by atoms with van der Waals surface area (Å²) in [5, 5.41) is 20.9. The van der Waals surface area contributed by atoms with E-state index in [1.54, 1.807) is 6.92 Å². The van der Waals surface area contributed by atoms with Crippen LogP contribution in [0.5, 0.6) is 0 Å². The lowest BCUT2D eigenvalue weighted by atomic mass is 9.85.